The standard InChI is InChI=1S/C22H25F3N2O5S/c1-14-6-12-18(13-7-14)33(29,30)32-27-19(22(23,24)25)17-10-8-16(9-11-17)15(2)26-20(28)31-21(3,4)5/h6-13,15H,1-5H3,(H,26,28). The smallest absolute Gasteiger partial charge is 0.437 e. The van der Waals surface area contributed by atoms with Crippen molar-refractivity contribution >= 4 is 21.9 Å². The Kier molecular flexibility index (Phi) is 7.79. The molecule has 0 aliphatic carbocycles. The van der Waals surface area contributed by atoms with E-state index in [1.807, 2.05) is 0 Å². The van der Waals surface area contributed by atoms with Crippen LogP contribution in [-0.2, 0) is 19.1 Å². The van der Waals surface area contributed by atoms with E-state index in [9.17, 15) is 26.4 Å². The first-order chi connectivity index (χ1) is 15.1. The van der Waals surface area contributed by atoms with Crippen LogP contribution in [0.1, 0.15) is 50.4 Å². The van der Waals surface area contributed by atoms with E-state index in [-0.39, 0.29) is 4.90 Å². The van der Waals surface area contributed by atoms with Crippen LogP contribution in [0.5, 0.6) is 0 Å². The van der Waals surface area contributed by atoms with Gasteiger partial charge in [-0.05, 0) is 52.3 Å². The molecular formula is C22H25F3N2O5S. The molecule has 0 fully saturated rings. The summed E-state index contributed by atoms with van der Waals surface area (Å²) in [5.74, 6) is 0. The lowest BCUT2D eigenvalue weighted by Gasteiger charge is -2.22. The number of hydrogen-bond acceptors (Lipinski definition) is 6. The molecule has 11 heteroatoms. The summed E-state index contributed by atoms with van der Waals surface area (Å²) in [5.41, 5.74) is -1.36. The minimum Gasteiger partial charge on any atom is -0.444 e. The van der Waals surface area contributed by atoms with Crippen LogP contribution >= 0.6 is 0 Å². The number of carbonyl (C=O) groups excluding carboxylic acids is 1. The topological polar surface area (TPSA) is 94.1 Å². The number of aryl methyl sites for hydroxylation is 1. The average molecular weight is 487 g/mol. The Morgan fingerprint density at radius 3 is 2.03 bits per heavy atom. The maximum Gasteiger partial charge on any atom is 0.437 e. The van der Waals surface area contributed by atoms with Gasteiger partial charge in [0.2, 0.25) is 0 Å². The average Bonchev–Trinajstić information content (AvgIpc) is 2.66. The Bertz CT molecular complexity index is 1100. The maximum atomic E-state index is 13.5. The van der Waals surface area contributed by atoms with Crippen molar-refractivity contribution in [1.82, 2.24) is 5.32 Å². The SMILES string of the molecule is Cc1ccc(S(=O)(=O)ON=C(c2ccc(C(C)NC(=O)OC(C)(C)C)cc2)C(F)(F)F)cc1. The largest absolute Gasteiger partial charge is 0.444 e. The van der Waals surface area contributed by atoms with Crippen LogP contribution in [0.2, 0.25) is 0 Å². The number of benzene rings is 2. The van der Waals surface area contributed by atoms with Gasteiger partial charge in [0.25, 0.3) is 0 Å². The fourth-order valence-electron chi connectivity index (χ4n) is 2.60. The number of oxime groups is 1. The monoisotopic (exact) mass is 486 g/mol. The van der Waals surface area contributed by atoms with Crippen LogP contribution in [0.15, 0.2) is 58.6 Å². The molecule has 33 heavy (non-hydrogen) atoms. The predicted octanol–water partition coefficient (Wildman–Crippen LogP) is 5.25. The molecule has 1 N–H and O–H groups in total. The molecule has 2 rings (SSSR count). The van der Waals surface area contributed by atoms with E-state index in [2.05, 4.69) is 14.8 Å². The number of amides is 1. The fraction of sp³-hybridized carbons (Fsp3) is 0.364. The van der Waals surface area contributed by atoms with E-state index < -0.39 is 45.3 Å². The summed E-state index contributed by atoms with van der Waals surface area (Å²) < 4.78 is 74.5. The minimum absolute atomic E-state index is 0.323. The second-order valence-corrected chi connectivity index (χ2v) is 9.80. The minimum atomic E-state index is -4.98. The highest BCUT2D eigenvalue weighted by atomic mass is 32.2. The molecule has 0 bridgehead atoms. The molecule has 7 nitrogen and oxygen atoms in total. The molecule has 0 aliphatic heterocycles. The molecule has 0 aliphatic rings. The van der Waals surface area contributed by atoms with E-state index in [4.69, 9.17) is 4.74 Å². The van der Waals surface area contributed by atoms with Gasteiger partial charge in [0.05, 0.1) is 6.04 Å². The van der Waals surface area contributed by atoms with Gasteiger partial charge in [-0.2, -0.15) is 21.6 Å². The van der Waals surface area contributed by atoms with Crippen LogP contribution in [0, 0.1) is 6.92 Å². The highest BCUT2D eigenvalue weighted by Crippen LogP contribution is 2.25. The number of halogens is 3. The van der Waals surface area contributed by atoms with Crippen molar-refractivity contribution in [2.24, 2.45) is 5.16 Å². The molecule has 1 atom stereocenters. The van der Waals surface area contributed by atoms with E-state index in [0.717, 1.165) is 17.7 Å². The zero-order valence-corrected chi connectivity index (χ0v) is 19.5. The van der Waals surface area contributed by atoms with Crippen molar-refractivity contribution in [3.05, 3.63) is 65.2 Å². The van der Waals surface area contributed by atoms with Crippen molar-refractivity contribution in [3.8, 4) is 0 Å². The van der Waals surface area contributed by atoms with E-state index >= 15 is 0 Å². The molecule has 2 aromatic carbocycles. The van der Waals surface area contributed by atoms with Crippen molar-refractivity contribution in [3.63, 3.8) is 0 Å². The maximum absolute atomic E-state index is 13.5. The molecule has 0 spiro atoms. The Morgan fingerprint density at radius 1 is 1.00 bits per heavy atom. The van der Waals surface area contributed by atoms with Crippen LogP contribution in [0.3, 0.4) is 0 Å². The highest BCUT2D eigenvalue weighted by molar-refractivity contribution is 7.86. The van der Waals surface area contributed by atoms with Crippen LogP contribution < -0.4 is 5.32 Å². The summed E-state index contributed by atoms with van der Waals surface area (Å²) in [5, 5.41) is 5.49. The normalized spacial score (nSPS) is 13.9. The molecule has 0 aromatic heterocycles. The third-order valence-corrected chi connectivity index (χ3v) is 5.34. The van der Waals surface area contributed by atoms with Gasteiger partial charge in [0, 0.05) is 5.56 Å². The van der Waals surface area contributed by atoms with Gasteiger partial charge in [-0.15, -0.1) is 0 Å². The number of nitrogens with zero attached hydrogens (tertiary/aromatic N) is 1. The van der Waals surface area contributed by atoms with Crippen molar-refractivity contribution in [1.29, 1.82) is 0 Å². The summed E-state index contributed by atoms with van der Waals surface area (Å²) in [6, 6.07) is 9.75. The first-order valence-electron chi connectivity index (χ1n) is 9.84. The Balaban J connectivity index is 2.23. The molecule has 0 saturated heterocycles. The molecular weight excluding hydrogens is 461 g/mol. The molecule has 0 saturated carbocycles. The van der Waals surface area contributed by atoms with Crippen LogP contribution in [0.25, 0.3) is 0 Å². The van der Waals surface area contributed by atoms with Gasteiger partial charge in [-0.3, -0.25) is 4.28 Å². The number of hydrogen-bond donors (Lipinski definition) is 1. The lowest BCUT2D eigenvalue weighted by molar-refractivity contribution is -0.0597. The van der Waals surface area contributed by atoms with E-state index in [0.29, 0.717) is 5.56 Å². The highest BCUT2D eigenvalue weighted by Gasteiger charge is 2.38. The molecule has 1 amide bonds. The van der Waals surface area contributed by atoms with Crippen LogP contribution in [0.4, 0.5) is 18.0 Å². The van der Waals surface area contributed by atoms with Gasteiger partial charge in [-0.25, -0.2) is 4.79 Å². The number of nitrogens with one attached hydrogen (secondary N) is 1. The molecule has 0 radical (unpaired) electrons. The number of alkyl halides is 3. The third kappa shape index (κ3) is 7.77. The van der Waals surface area contributed by atoms with E-state index in [1.165, 1.54) is 36.4 Å². The van der Waals surface area contributed by atoms with Crippen molar-refractivity contribution in [2.45, 2.75) is 57.3 Å². The zero-order valence-electron chi connectivity index (χ0n) is 18.7. The summed E-state index contributed by atoms with van der Waals surface area (Å²) in [7, 11) is -4.54. The first kappa shape index (κ1) is 26.2. The number of ether oxygens (including phenoxy) is 1. The van der Waals surface area contributed by atoms with Gasteiger partial charge in [-0.1, -0.05) is 47.1 Å². The van der Waals surface area contributed by atoms with Crippen molar-refractivity contribution in [2.75, 3.05) is 0 Å². The summed E-state index contributed by atoms with van der Waals surface area (Å²) in [4.78, 5) is 11.6. The van der Waals surface area contributed by atoms with Gasteiger partial charge < -0.3 is 10.1 Å². The predicted molar refractivity (Wildman–Crippen MR) is 116 cm³/mol. The number of alkyl carbamates (subject to hydrolysis) is 1. The molecule has 180 valence electrons. The zero-order chi connectivity index (χ0) is 25.0. The van der Waals surface area contributed by atoms with Gasteiger partial charge in [0.15, 0.2) is 5.71 Å². The lowest BCUT2D eigenvalue weighted by Crippen LogP contribution is -2.34. The Morgan fingerprint density at radius 2 is 1.55 bits per heavy atom. The molecule has 1 unspecified atom stereocenters. The van der Waals surface area contributed by atoms with Crippen LogP contribution in [-0.4, -0.2) is 32.0 Å². The number of carbonyl (C=O) groups is 1. The lowest BCUT2D eigenvalue weighted by atomic mass is 10.0. The second-order valence-electron chi connectivity index (χ2n) is 8.27. The molecule has 0 heterocycles. The van der Waals surface area contributed by atoms with Crippen molar-refractivity contribution < 1.29 is 35.4 Å². The van der Waals surface area contributed by atoms with E-state index in [1.54, 1.807) is 34.6 Å². The summed E-state index contributed by atoms with van der Waals surface area (Å²) in [6.45, 7) is 8.46. The second kappa shape index (κ2) is 9.82. The van der Waals surface area contributed by atoms with Gasteiger partial charge in [0.1, 0.15) is 10.5 Å². The fourth-order valence-corrected chi connectivity index (χ4v) is 3.33. The number of rotatable bonds is 6. The Hall–Kier alpha value is -3.08. The summed E-state index contributed by atoms with van der Waals surface area (Å²) >= 11 is 0. The summed E-state index contributed by atoms with van der Waals surface area (Å²) in [6.07, 6.45) is -5.66. The quantitative estimate of drug-likeness (QED) is 0.444. The first-order valence-corrected chi connectivity index (χ1v) is 11.2. The van der Waals surface area contributed by atoms with Gasteiger partial charge >= 0.3 is 22.4 Å². The molecule has 2 aromatic rings. The third-order valence-electron chi connectivity index (χ3n) is 4.22. The Labute approximate surface area is 190 Å².